The Labute approximate surface area is 124 Å². The van der Waals surface area contributed by atoms with Crippen LogP contribution in [0.5, 0.6) is 0 Å². The molecule has 3 heteroatoms. The van der Waals surface area contributed by atoms with E-state index in [1.54, 1.807) is 0 Å². The Balaban J connectivity index is 1.80. The number of piperidine rings is 1. The highest BCUT2D eigenvalue weighted by Gasteiger charge is 2.32. The number of thioether (sulfide) groups is 1. The zero-order valence-electron chi connectivity index (χ0n) is 13.0. The summed E-state index contributed by atoms with van der Waals surface area (Å²) in [7, 11) is 0. The molecule has 0 radical (unpaired) electrons. The lowest BCUT2D eigenvalue weighted by Gasteiger charge is -2.44. The van der Waals surface area contributed by atoms with Crippen molar-refractivity contribution in [1.82, 2.24) is 10.2 Å². The van der Waals surface area contributed by atoms with Crippen LogP contribution >= 0.6 is 11.8 Å². The minimum absolute atomic E-state index is 0.760. The van der Waals surface area contributed by atoms with Gasteiger partial charge in [0.25, 0.3) is 0 Å². The van der Waals surface area contributed by atoms with Crippen LogP contribution in [-0.2, 0) is 0 Å². The summed E-state index contributed by atoms with van der Waals surface area (Å²) >= 11 is 2.09. The smallest absolute Gasteiger partial charge is 0.0117 e. The molecule has 19 heavy (non-hydrogen) atoms. The van der Waals surface area contributed by atoms with Crippen LogP contribution in [0.2, 0.25) is 0 Å². The molecule has 4 unspecified atom stereocenters. The van der Waals surface area contributed by atoms with Crippen LogP contribution < -0.4 is 5.32 Å². The van der Waals surface area contributed by atoms with Gasteiger partial charge in [0, 0.05) is 23.9 Å². The van der Waals surface area contributed by atoms with Crippen molar-refractivity contribution in [2.45, 2.75) is 69.7 Å². The summed E-state index contributed by atoms with van der Waals surface area (Å²) in [5, 5.41) is 4.65. The van der Waals surface area contributed by atoms with Gasteiger partial charge >= 0.3 is 0 Å². The van der Waals surface area contributed by atoms with E-state index in [4.69, 9.17) is 0 Å². The Morgan fingerprint density at radius 1 is 1.26 bits per heavy atom. The van der Waals surface area contributed by atoms with Gasteiger partial charge in [0.05, 0.1) is 0 Å². The molecule has 1 heterocycles. The van der Waals surface area contributed by atoms with E-state index in [0.717, 1.165) is 23.3 Å². The van der Waals surface area contributed by atoms with E-state index in [2.05, 4.69) is 42.1 Å². The molecule has 0 spiro atoms. The fraction of sp³-hybridized carbons (Fsp3) is 1.00. The van der Waals surface area contributed by atoms with E-state index in [-0.39, 0.29) is 0 Å². The van der Waals surface area contributed by atoms with Crippen LogP contribution in [0, 0.1) is 5.92 Å². The van der Waals surface area contributed by atoms with Gasteiger partial charge in [-0.1, -0.05) is 20.3 Å². The summed E-state index contributed by atoms with van der Waals surface area (Å²) in [5.74, 6) is 0.815. The van der Waals surface area contributed by atoms with Crippen molar-refractivity contribution in [1.29, 1.82) is 0 Å². The van der Waals surface area contributed by atoms with Crippen LogP contribution in [0.3, 0.4) is 0 Å². The summed E-state index contributed by atoms with van der Waals surface area (Å²) in [5.41, 5.74) is 0. The molecule has 1 saturated heterocycles. The van der Waals surface area contributed by atoms with Gasteiger partial charge in [0.1, 0.15) is 0 Å². The first-order valence-electron chi connectivity index (χ1n) is 8.24. The standard InChI is InChI=1S/C16H32N2S/c1-4-9-17-16-8-10-18(12-13(16)2)14-6-5-7-15(11-14)19-3/h13-17H,4-12H2,1-3H3. The fourth-order valence-electron chi connectivity index (χ4n) is 3.81. The highest BCUT2D eigenvalue weighted by Crippen LogP contribution is 2.32. The molecule has 0 aromatic rings. The van der Waals surface area contributed by atoms with E-state index in [1.807, 2.05) is 0 Å². The molecule has 0 bridgehead atoms. The number of nitrogens with one attached hydrogen (secondary N) is 1. The van der Waals surface area contributed by atoms with Crippen molar-refractivity contribution in [2.75, 3.05) is 25.9 Å². The molecule has 1 N–H and O–H groups in total. The van der Waals surface area contributed by atoms with E-state index in [9.17, 15) is 0 Å². The van der Waals surface area contributed by atoms with E-state index in [1.165, 1.54) is 58.2 Å². The summed E-state index contributed by atoms with van der Waals surface area (Å²) < 4.78 is 0. The monoisotopic (exact) mass is 284 g/mol. The normalized spacial score (nSPS) is 37.4. The van der Waals surface area contributed by atoms with Crippen molar-refractivity contribution in [3.8, 4) is 0 Å². The molecule has 0 amide bonds. The highest BCUT2D eigenvalue weighted by atomic mass is 32.2. The SMILES string of the molecule is CCCNC1CCN(C2CCCC(SC)C2)CC1C. The lowest BCUT2D eigenvalue weighted by molar-refractivity contribution is 0.0851. The van der Waals surface area contributed by atoms with E-state index in [0.29, 0.717) is 0 Å². The van der Waals surface area contributed by atoms with Gasteiger partial charge in [0.15, 0.2) is 0 Å². The Morgan fingerprint density at radius 3 is 2.79 bits per heavy atom. The maximum Gasteiger partial charge on any atom is 0.0117 e. The topological polar surface area (TPSA) is 15.3 Å². The Bertz CT molecular complexity index is 259. The highest BCUT2D eigenvalue weighted by molar-refractivity contribution is 7.99. The van der Waals surface area contributed by atoms with Gasteiger partial charge in [-0.2, -0.15) is 11.8 Å². The quantitative estimate of drug-likeness (QED) is 0.833. The van der Waals surface area contributed by atoms with Crippen LogP contribution in [0.15, 0.2) is 0 Å². The van der Waals surface area contributed by atoms with Gasteiger partial charge in [-0.25, -0.2) is 0 Å². The number of hydrogen-bond acceptors (Lipinski definition) is 3. The third-order valence-corrected chi connectivity index (χ3v) is 6.14. The first-order valence-corrected chi connectivity index (χ1v) is 9.53. The summed E-state index contributed by atoms with van der Waals surface area (Å²) in [6.07, 6.45) is 10.7. The first-order chi connectivity index (χ1) is 9.24. The molecule has 2 rings (SSSR count). The third kappa shape index (κ3) is 4.37. The van der Waals surface area contributed by atoms with Crippen LogP contribution in [-0.4, -0.2) is 48.1 Å². The summed E-state index contributed by atoms with van der Waals surface area (Å²) in [4.78, 5) is 2.80. The molecular formula is C16H32N2S. The first kappa shape index (κ1) is 15.7. The van der Waals surface area contributed by atoms with Crippen molar-refractivity contribution in [3.05, 3.63) is 0 Å². The van der Waals surface area contributed by atoms with Gasteiger partial charge in [-0.3, -0.25) is 4.90 Å². The molecular weight excluding hydrogens is 252 g/mol. The van der Waals surface area contributed by atoms with Crippen molar-refractivity contribution < 1.29 is 0 Å². The Kier molecular flexibility index (Phi) is 6.51. The maximum absolute atomic E-state index is 3.73. The average molecular weight is 285 g/mol. The molecule has 0 aromatic heterocycles. The van der Waals surface area contributed by atoms with Crippen LogP contribution in [0.25, 0.3) is 0 Å². The predicted molar refractivity (Wildman–Crippen MR) is 87.0 cm³/mol. The molecule has 1 saturated carbocycles. The summed E-state index contributed by atoms with van der Waals surface area (Å²) in [6.45, 7) is 8.52. The second-order valence-electron chi connectivity index (χ2n) is 6.50. The van der Waals surface area contributed by atoms with Gasteiger partial charge in [-0.05, 0) is 57.4 Å². The molecule has 2 fully saturated rings. The third-order valence-electron chi connectivity index (χ3n) is 5.04. The van der Waals surface area contributed by atoms with Gasteiger partial charge in [-0.15, -0.1) is 0 Å². The molecule has 112 valence electrons. The largest absolute Gasteiger partial charge is 0.314 e. The minimum atomic E-state index is 0.760. The Morgan fingerprint density at radius 2 is 2.11 bits per heavy atom. The van der Waals surface area contributed by atoms with E-state index < -0.39 is 0 Å². The summed E-state index contributed by atoms with van der Waals surface area (Å²) in [6, 6.07) is 1.64. The van der Waals surface area contributed by atoms with Crippen molar-refractivity contribution >= 4 is 11.8 Å². The number of likely N-dealkylation sites (tertiary alicyclic amines) is 1. The zero-order valence-corrected chi connectivity index (χ0v) is 13.8. The second-order valence-corrected chi connectivity index (χ2v) is 7.64. The number of nitrogens with zero attached hydrogens (tertiary/aromatic N) is 1. The predicted octanol–water partition coefficient (Wildman–Crippen LogP) is 3.37. The second kappa shape index (κ2) is 7.90. The van der Waals surface area contributed by atoms with Crippen LogP contribution in [0.4, 0.5) is 0 Å². The number of hydrogen-bond donors (Lipinski definition) is 1. The van der Waals surface area contributed by atoms with E-state index >= 15 is 0 Å². The maximum atomic E-state index is 3.73. The molecule has 4 atom stereocenters. The Hall–Kier alpha value is 0.270. The molecule has 2 aliphatic rings. The molecule has 2 nitrogen and oxygen atoms in total. The molecule has 1 aliphatic heterocycles. The lowest BCUT2D eigenvalue weighted by Crippen LogP contribution is -2.52. The van der Waals surface area contributed by atoms with Crippen molar-refractivity contribution in [2.24, 2.45) is 5.92 Å². The fourth-order valence-corrected chi connectivity index (χ4v) is 4.63. The number of rotatable bonds is 5. The molecule has 1 aliphatic carbocycles. The zero-order chi connectivity index (χ0) is 13.7. The minimum Gasteiger partial charge on any atom is -0.314 e. The average Bonchev–Trinajstić information content (AvgIpc) is 2.46. The van der Waals surface area contributed by atoms with Crippen LogP contribution in [0.1, 0.15) is 52.4 Å². The van der Waals surface area contributed by atoms with Gasteiger partial charge < -0.3 is 5.32 Å². The lowest BCUT2D eigenvalue weighted by atomic mass is 9.88. The van der Waals surface area contributed by atoms with Crippen molar-refractivity contribution in [3.63, 3.8) is 0 Å². The molecule has 0 aromatic carbocycles. The van der Waals surface area contributed by atoms with Gasteiger partial charge in [0.2, 0.25) is 0 Å².